The molecule has 1 aromatic rings. The number of hydrogen-bond donors (Lipinski definition) is 1. The lowest BCUT2D eigenvalue weighted by Gasteiger charge is -2.22. The van der Waals surface area contributed by atoms with Gasteiger partial charge in [0, 0.05) is 12.0 Å². The van der Waals surface area contributed by atoms with E-state index in [0.717, 1.165) is 25.7 Å². The van der Waals surface area contributed by atoms with Gasteiger partial charge in [0.15, 0.2) is 0 Å². The third-order valence-electron chi connectivity index (χ3n) is 4.17. The van der Waals surface area contributed by atoms with Crippen LogP contribution in [0.5, 0.6) is 5.75 Å². The summed E-state index contributed by atoms with van der Waals surface area (Å²) >= 11 is 0. The van der Waals surface area contributed by atoms with Crippen molar-refractivity contribution in [3.05, 3.63) is 23.5 Å². The van der Waals surface area contributed by atoms with Gasteiger partial charge in [0.1, 0.15) is 11.6 Å². The number of carbonyl (C=O) groups is 1. The second-order valence-corrected chi connectivity index (χ2v) is 6.05. The van der Waals surface area contributed by atoms with Crippen LogP contribution in [0.3, 0.4) is 0 Å². The van der Waals surface area contributed by atoms with E-state index >= 15 is 0 Å². The minimum Gasteiger partial charge on any atom is -0.495 e. The molecule has 0 saturated heterocycles. The van der Waals surface area contributed by atoms with Crippen molar-refractivity contribution in [1.82, 2.24) is 0 Å². The highest BCUT2D eigenvalue weighted by molar-refractivity contribution is 5.94. The number of benzene rings is 1. The number of amides is 1. The molecule has 0 radical (unpaired) electrons. The molecule has 3 nitrogen and oxygen atoms in total. The minimum atomic E-state index is -0.301. The maximum atomic E-state index is 14.1. The molecule has 0 spiro atoms. The van der Waals surface area contributed by atoms with E-state index in [4.69, 9.17) is 4.74 Å². The lowest BCUT2D eigenvalue weighted by Crippen LogP contribution is -2.25. The summed E-state index contributed by atoms with van der Waals surface area (Å²) in [6, 6.07) is 3.05. The van der Waals surface area contributed by atoms with Crippen LogP contribution >= 0.6 is 0 Å². The highest BCUT2D eigenvalue weighted by Gasteiger charge is 2.23. The largest absolute Gasteiger partial charge is 0.495 e. The third kappa shape index (κ3) is 3.74. The Labute approximate surface area is 125 Å². The lowest BCUT2D eigenvalue weighted by molar-refractivity contribution is -0.120. The van der Waals surface area contributed by atoms with Gasteiger partial charge in [-0.15, -0.1) is 0 Å². The predicted octanol–water partition coefficient (Wildman–Crippen LogP) is 4.48. The van der Waals surface area contributed by atoms with Crippen LogP contribution in [0, 0.1) is 11.7 Å². The van der Waals surface area contributed by atoms with E-state index in [-0.39, 0.29) is 23.6 Å². The Bertz CT molecular complexity index is 508. The second-order valence-electron chi connectivity index (χ2n) is 6.05. The molecule has 1 aromatic carbocycles. The van der Waals surface area contributed by atoms with Crippen molar-refractivity contribution >= 4 is 11.6 Å². The van der Waals surface area contributed by atoms with Crippen molar-refractivity contribution in [2.24, 2.45) is 5.92 Å². The van der Waals surface area contributed by atoms with Gasteiger partial charge < -0.3 is 10.1 Å². The average Bonchev–Trinajstić information content (AvgIpc) is 2.48. The van der Waals surface area contributed by atoms with Gasteiger partial charge in [-0.05, 0) is 30.4 Å². The number of carbonyl (C=O) groups excluding carboxylic acids is 1. The van der Waals surface area contributed by atoms with E-state index in [1.807, 2.05) is 13.8 Å². The molecule has 1 fully saturated rings. The first-order valence-electron chi connectivity index (χ1n) is 7.71. The van der Waals surface area contributed by atoms with Crippen molar-refractivity contribution in [1.29, 1.82) is 0 Å². The Morgan fingerprint density at radius 2 is 1.95 bits per heavy atom. The van der Waals surface area contributed by atoms with Crippen LogP contribution in [0.25, 0.3) is 0 Å². The lowest BCUT2D eigenvalue weighted by atomic mass is 9.88. The molecule has 1 aliphatic carbocycles. The van der Waals surface area contributed by atoms with Gasteiger partial charge in [-0.3, -0.25) is 4.79 Å². The third-order valence-corrected chi connectivity index (χ3v) is 4.17. The van der Waals surface area contributed by atoms with E-state index in [2.05, 4.69) is 5.32 Å². The number of ether oxygens (including phenoxy) is 1. The van der Waals surface area contributed by atoms with E-state index < -0.39 is 0 Å². The zero-order chi connectivity index (χ0) is 15.4. The van der Waals surface area contributed by atoms with Crippen LogP contribution in [-0.4, -0.2) is 13.0 Å². The molecule has 4 heteroatoms. The van der Waals surface area contributed by atoms with Gasteiger partial charge in [-0.1, -0.05) is 33.1 Å². The zero-order valence-corrected chi connectivity index (χ0v) is 13.0. The Morgan fingerprint density at radius 3 is 2.52 bits per heavy atom. The predicted molar refractivity (Wildman–Crippen MR) is 82.2 cm³/mol. The molecule has 1 saturated carbocycles. The quantitative estimate of drug-likeness (QED) is 0.889. The average molecular weight is 293 g/mol. The van der Waals surface area contributed by atoms with Crippen LogP contribution < -0.4 is 10.1 Å². The summed E-state index contributed by atoms with van der Waals surface area (Å²) in [7, 11) is 1.54. The maximum absolute atomic E-state index is 14.1. The fraction of sp³-hybridized carbons (Fsp3) is 0.588. The van der Waals surface area contributed by atoms with Gasteiger partial charge >= 0.3 is 0 Å². The molecule has 0 unspecified atom stereocenters. The van der Waals surface area contributed by atoms with Crippen molar-refractivity contribution in [2.75, 3.05) is 12.4 Å². The Hall–Kier alpha value is -1.58. The highest BCUT2D eigenvalue weighted by Crippen LogP contribution is 2.32. The molecule has 0 bridgehead atoms. The number of methoxy groups -OCH3 is 1. The zero-order valence-electron chi connectivity index (χ0n) is 13.0. The molecular weight excluding hydrogens is 269 g/mol. The van der Waals surface area contributed by atoms with Crippen molar-refractivity contribution in [3.63, 3.8) is 0 Å². The molecule has 0 aliphatic heterocycles. The highest BCUT2D eigenvalue weighted by atomic mass is 19.1. The normalized spacial score (nSPS) is 16.0. The Balaban J connectivity index is 2.18. The molecule has 0 heterocycles. The monoisotopic (exact) mass is 293 g/mol. The number of halogens is 1. The van der Waals surface area contributed by atoms with Crippen LogP contribution in [0.4, 0.5) is 10.1 Å². The molecule has 1 amide bonds. The molecule has 0 aromatic heterocycles. The summed E-state index contributed by atoms with van der Waals surface area (Å²) < 4.78 is 19.4. The Morgan fingerprint density at radius 1 is 1.29 bits per heavy atom. The second kappa shape index (κ2) is 6.92. The van der Waals surface area contributed by atoms with Gasteiger partial charge in [0.25, 0.3) is 0 Å². The standard InChI is InChI=1S/C17H24FNO2/c1-11(2)13-9-16(21-3)15(10-14(13)18)19-17(20)12-7-5-4-6-8-12/h9-12H,4-8H2,1-3H3,(H,19,20). The van der Waals surface area contributed by atoms with Crippen LogP contribution in [0.15, 0.2) is 12.1 Å². The summed E-state index contributed by atoms with van der Waals surface area (Å²) in [5.74, 6) is 0.303. The SMILES string of the molecule is COc1cc(C(C)C)c(F)cc1NC(=O)C1CCCCC1. The number of hydrogen-bond acceptors (Lipinski definition) is 2. The van der Waals surface area contributed by atoms with Crippen LogP contribution in [-0.2, 0) is 4.79 Å². The molecule has 1 N–H and O–H groups in total. The molecule has 116 valence electrons. The topological polar surface area (TPSA) is 38.3 Å². The smallest absolute Gasteiger partial charge is 0.227 e. The van der Waals surface area contributed by atoms with E-state index in [0.29, 0.717) is 17.0 Å². The summed E-state index contributed by atoms with van der Waals surface area (Å²) in [5.41, 5.74) is 1.03. The number of anilines is 1. The van der Waals surface area contributed by atoms with Crippen molar-refractivity contribution in [2.45, 2.75) is 51.9 Å². The molecular formula is C17H24FNO2. The van der Waals surface area contributed by atoms with Gasteiger partial charge in [0.2, 0.25) is 5.91 Å². The van der Waals surface area contributed by atoms with E-state index in [9.17, 15) is 9.18 Å². The maximum Gasteiger partial charge on any atom is 0.227 e. The van der Waals surface area contributed by atoms with Gasteiger partial charge in [-0.2, -0.15) is 0 Å². The van der Waals surface area contributed by atoms with Gasteiger partial charge in [0.05, 0.1) is 12.8 Å². The summed E-state index contributed by atoms with van der Waals surface area (Å²) in [5, 5.41) is 2.83. The summed E-state index contributed by atoms with van der Waals surface area (Å²) in [6.45, 7) is 3.86. The van der Waals surface area contributed by atoms with Gasteiger partial charge in [-0.25, -0.2) is 4.39 Å². The van der Waals surface area contributed by atoms with E-state index in [1.54, 1.807) is 6.07 Å². The first kappa shape index (κ1) is 15.8. The molecule has 1 aliphatic rings. The summed E-state index contributed by atoms with van der Waals surface area (Å²) in [6.07, 6.45) is 5.22. The Kier molecular flexibility index (Phi) is 5.21. The summed E-state index contributed by atoms with van der Waals surface area (Å²) in [4.78, 5) is 12.3. The van der Waals surface area contributed by atoms with Crippen LogP contribution in [0.2, 0.25) is 0 Å². The van der Waals surface area contributed by atoms with E-state index in [1.165, 1.54) is 19.6 Å². The molecule has 0 atom stereocenters. The minimum absolute atomic E-state index is 0.0234. The fourth-order valence-corrected chi connectivity index (χ4v) is 2.88. The number of nitrogens with one attached hydrogen (secondary N) is 1. The molecule has 21 heavy (non-hydrogen) atoms. The fourth-order valence-electron chi connectivity index (χ4n) is 2.88. The molecule has 2 rings (SSSR count). The number of rotatable bonds is 4. The first-order chi connectivity index (χ1) is 10.0. The van der Waals surface area contributed by atoms with Crippen molar-refractivity contribution < 1.29 is 13.9 Å². The first-order valence-corrected chi connectivity index (χ1v) is 7.71. The van der Waals surface area contributed by atoms with Crippen molar-refractivity contribution in [3.8, 4) is 5.75 Å². The van der Waals surface area contributed by atoms with Crippen LogP contribution in [0.1, 0.15) is 57.4 Å².